The Balaban J connectivity index is 1.43. The zero-order valence-electron chi connectivity index (χ0n) is 15.5. The molecule has 144 valence electrons. The summed E-state index contributed by atoms with van der Waals surface area (Å²) >= 11 is 0. The SMILES string of the molecule is Cc1cc(C2CNNC2C2CCCN(C(=O)Cc3ccccc3F)C2)on1. The van der Waals surface area contributed by atoms with Gasteiger partial charge in [0.25, 0.3) is 0 Å². The Morgan fingerprint density at radius 3 is 3.04 bits per heavy atom. The summed E-state index contributed by atoms with van der Waals surface area (Å²) in [5.74, 6) is 1.06. The molecule has 2 aliphatic heterocycles. The highest BCUT2D eigenvalue weighted by molar-refractivity contribution is 5.79. The van der Waals surface area contributed by atoms with Gasteiger partial charge in [-0.1, -0.05) is 23.4 Å². The number of aryl methyl sites for hydroxylation is 1. The van der Waals surface area contributed by atoms with Crippen molar-refractivity contribution in [3.8, 4) is 0 Å². The topological polar surface area (TPSA) is 70.4 Å². The molecule has 2 aliphatic rings. The van der Waals surface area contributed by atoms with E-state index in [2.05, 4.69) is 16.0 Å². The second-order valence-corrected chi connectivity index (χ2v) is 7.54. The van der Waals surface area contributed by atoms with Crippen molar-refractivity contribution in [2.24, 2.45) is 5.92 Å². The van der Waals surface area contributed by atoms with E-state index in [4.69, 9.17) is 4.52 Å². The van der Waals surface area contributed by atoms with E-state index in [1.807, 2.05) is 17.9 Å². The molecular formula is C20H25FN4O2. The number of amides is 1. The van der Waals surface area contributed by atoms with Crippen molar-refractivity contribution in [2.45, 2.75) is 38.1 Å². The van der Waals surface area contributed by atoms with Crippen LogP contribution in [0.15, 0.2) is 34.9 Å². The van der Waals surface area contributed by atoms with Crippen molar-refractivity contribution >= 4 is 5.91 Å². The van der Waals surface area contributed by atoms with Gasteiger partial charge in [0.1, 0.15) is 11.6 Å². The number of nitrogens with zero attached hydrogens (tertiary/aromatic N) is 2. The number of carbonyl (C=O) groups is 1. The van der Waals surface area contributed by atoms with Crippen LogP contribution < -0.4 is 10.9 Å². The van der Waals surface area contributed by atoms with Gasteiger partial charge in [-0.15, -0.1) is 0 Å². The smallest absolute Gasteiger partial charge is 0.227 e. The maximum absolute atomic E-state index is 13.9. The summed E-state index contributed by atoms with van der Waals surface area (Å²) in [7, 11) is 0. The molecule has 1 aromatic carbocycles. The average molecular weight is 372 g/mol. The van der Waals surface area contributed by atoms with Gasteiger partial charge >= 0.3 is 0 Å². The minimum atomic E-state index is -0.318. The predicted octanol–water partition coefficient (Wildman–Crippen LogP) is 2.16. The van der Waals surface area contributed by atoms with Gasteiger partial charge in [-0.2, -0.15) is 0 Å². The van der Waals surface area contributed by atoms with Crippen LogP contribution in [-0.4, -0.2) is 41.6 Å². The summed E-state index contributed by atoms with van der Waals surface area (Å²) in [6.07, 6.45) is 2.11. The lowest BCUT2D eigenvalue weighted by molar-refractivity contribution is -0.132. The van der Waals surface area contributed by atoms with E-state index >= 15 is 0 Å². The first-order chi connectivity index (χ1) is 13.1. The van der Waals surface area contributed by atoms with Crippen molar-refractivity contribution in [3.63, 3.8) is 0 Å². The minimum Gasteiger partial charge on any atom is -0.361 e. The molecule has 2 aromatic rings. The third-order valence-electron chi connectivity index (χ3n) is 5.65. The summed E-state index contributed by atoms with van der Waals surface area (Å²) < 4.78 is 19.4. The summed E-state index contributed by atoms with van der Waals surface area (Å²) in [6, 6.07) is 8.66. The molecule has 0 spiro atoms. The second-order valence-electron chi connectivity index (χ2n) is 7.54. The lowest BCUT2D eigenvalue weighted by atomic mass is 9.83. The Morgan fingerprint density at radius 1 is 1.41 bits per heavy atom. The number of carbonyl (C=O) groups excluding carboxylic acids is 1. The van der Waals surface area contributed by atoms with E-state index < -0.39 is 0 Å². The maximum atomic E-state index is 13.9. The number of hydrogen-bond acceptors (Lipinski definition) is 5. The number of hydrogen-bond donors (Lipinski definition) is 2. The molecule has 2 N–H and O–H groups in total. The van der Waals surface area contributed by atoms with Crippen LogP contribution in [0.4, 0.5) is 4.39 Å². The first-order valence-corrected chi connectivity index (χ1v) is 9.54. The van der Waals surface area contributed by atoms with E-state index in [0.717, 1.165) is 37.4 Å². The molecule has 3 atom stereocenters. The Kier molecular flexibility index (Phi) is 5.22. The molecule has 6 nitrogen and oxygen atoms in total. The zero-order valence-corrected chi connectivity index (χ0v) is 15.5. The van der Waals surface area contributed by atoms with E-state index in [0.29, 0.717) is 18.0 Å². The number of likely N-dealkylation sites (tertiary alicyclic amines) is 1. The number of aromatic nitrogens is 1. The van der Waals surface area contributed by atoms with Gasteiger partial charge in [0.2, 0.25) is 5.91 Å². The van der Waals surface area contributed by atoms with Crippen LogP contribution >= 0.6 is 0 Å². The minimum absolute atomic E-state index is 0.0113. The first-order valence-electron chi connectivity index (χ1n) is 9.54. The number of rotatable bonds is 4. The molecular weight excluding hydrogens is 347 g/mol. The van der Waals surface area contributed by atoms with Crippen LogP contribution in [0, 0.1) is 18.7 Å². The Morgan fingerprint density at radius 2 is 2.26 bits per heavy atom. The molecule has 0 saturated carbocycles. The van der Waals surface area contributed by atoms with Crippen LogP contribution in [-0.2, 0) is 11.2 Å². The second kappa shape index (κ2) is 7.78. The van der Waals surface area contributed by atoms with Gasteiger partial charge in [0, 0.05) is 31.7 Å². The molecule has 1 aromatic heterocycles. The molecule has 0 bridgehead atoms. The highest BCUT2D eigenvalue weighted by Gasteiger charge is 2.39. The van der Waals surface area contributed by atoms with Gasteiger partial charge < -0.3 is 9.42 Å². The highest BCUT2D eigenvalue weighted by Crippen LogP contribution is 2.32. The van der Waals surface area contributed by atoms with E-state index in [9.17, 15) is 9.18 Å². The largest absolute Gasteiger partial charge is 0.361 e. The summed E-state index contributed by atoms with van der Waals surface area (Å²) in [5.41, 5.74) is 7.93. The van der Waals surface area contributed by atoms with Crippen LogP contribution in [0.2, 0.25) is 0 Å². The van der Waals surface area contributed by atoms with E-state index in [-0.39, 0.29) is 30.1 Å². The van der Waals surface area contributed by atoms with E-state index in [1.54, 1.807) is 18.2 Å². The molecule has 27 heavy (non-hydrogen) atoms. The van der Waals surface area contributed by atoms with Crippen LogP contribution in [0.3, 0.4) is 0 Å². The number of nitrogens with one attached hydrogen (secondary N) is 2. The van der Waals surface area contributed by atoms with Crippen molar-refractivity contribution in [1.82, 2.24) is 20.9 Å². The third-order valence-corrected chi connectivity index (χ3v) is 5.65. The molecule has 7 heteroatoms. The third kappa shape index (κ3) is 3.89. The van der Waals surface area contributed by atoms with Crippen molar-refractivity contribution < 1.29 is 13.7 Å². The fourth-order valence-corrected chi connectivity index (χ4v) is 4.24. The number of halogens is 1. The van der Waals surface area contributed by atoms with Gasteiger partial charge in [-0.25, -0.2) is 4.39 Å². The average Bonchev–Trinajstić information content (AvgIpc) is 3.32. The quantitative estimate of drug-likeness (QED) is 0.861. The molecule has 2 saturated heterocycles. The lowest BCUT2D eigenvalue weighted by Gasteiger charge is -2.37. The summed E-state index contributed by atoms with van der Waals surface area (Å²) in [4.78, 5) is 14.6. The maximum Gasteiger partial charge on any atom is 0.227 e. The molecule has 1 amide bonds. The Hall–Kier alpha value is -2.25. The normalized spacial score (nSPS) is 25.7. The molecule has 3 unspecified atom stereocenters. The fourth-order valence-electron chi connectivity index (χ4n) is 4.24. The molecule has 4 rings (SSSR count). The van der Waals surface area contributed by atoms with Crippen LogP contribution in [0.1, 0.15) is 35.8 Å². The first kappa shape index (κ1) is 18.1. The number of benzene rings is 1. The summed E-state index contributed by atoms with van der Waals surface area (Å²) in [6.45, 7) is 4.10. The fraction of sp³-hybridized carbons (Fsp3) is 0.500. The molecule has 0 radical (unpaired) electrons. The monoisotopic (exact) mass is 372 g/mol. The predicted molar refractivity (Wildman–Crippen MR) is 98.3 cm³/mol. The standard InChI is InChI=1S/C20H25FN4O2/c1-13-9-18(27-24-13)16-11-22-23-20(16)15-6-4-8-25(12-15)19(26)10-14-5-2-3-7-17(14)21/h2-3,5,7,9,15-16,20,22-23H,4,6,8,10-12H2,1H3. The Bertz CT molecular complexity index is 809. The van der Waals surface area contributed by atoms with Gasteiger partial charge in [0.15, 0.2) is 0 Å². The van der Waals surface area contributed by atoms with Gasteiger partial charge in [-0.3, -0.25) is 15.6 Å². The zero-order chi connectivity index (χ0) is 18.8. The highest BCUT2D eigenvalue weighted by atomic mass is 19.1. The molecule has 0 aliphatic carbocycles. The number of hydrazine groups is 1. The van der Waals surface area contributed by atoms with E-state index in [1.165, 1.54) is 6.07 Å². The van der Waals surface area contributed by atoms with Crippen LogP contribution in [0.5, 0.6) is 0 Å². The van der Waals surface area contributed by atoms with Crippen LogP contribution in [0.25, 0.3) is 0 Å². The van der Waals surface area contributed by atoms with Gasteiger partial charge in [-0.05, 0) is 37.3 Å². The lowest BCUT2D eigenvalue weighted by Crippen LogP contribution is -2.48. The van der Waals surface area contributed by atoms with Crippen molar-refractivity contribution in [2.75, 3.05) is 19.6 Å². The Labute approximate surface area is 158 Å². The van der Waals surface area contributed by atoms with Crippen molar-refractivity contribution in [1.29, 1.82) is 0 Å². The summed E-state index contributed by atoms with van der Waals surface area (Å²) in [5, 5.41) is 4.01. The number of piperidine rings is 1. The molecule has 3 heterocycles. The van der Waals surface area contributed by atoms with Crippen molar-refractivity contribution in [3.05, 3.63) is 53.2 Å². The molecule has 2 fully saturated rings. The van der Waals surface area contributed by atoms with Gasteiger partial charge in [0.05, 0.1) is 18.0 Å².